The van der Waals surface area contributed by atoms with Crippen LogP contribution in [0.1, 0.15) is 31.4 Å². The van der Waals surface area contributed by atoms with Crippen molar-refractivity contribution in [3.05, 3.63) is 53.6 Å². The Morgan fingerprint density at radius 3 is 2.70 bits per heavy atom. The van der Waals surface area contributed by atoms with Gasteiger partial charge in [0.15, 0.2) is 5.58 Å². The van der Waals surface area contributed by atoms with Gasteiger partial charge in [0.2, 0.25) is 0 Å². The number of fused-ring (bicyclic) bond motifs is 1. The largest absolute Gasteiger partial charge is 0.423 e. The van der Waals surface area contributed by atoms with Gasteiger partial charge in [0, 0.05) is 12.1 Å². The number of aryl methyl sites for hydroxylation is 2. The Bertz CT molecular complexity index is 778. The summed E-state index contributed by atoms with van der Waals surface area (Å²) in [5.74, 6) is 0. The Labute approximate surface area is 136 Å². The number of hydrogen-bond acceptors (Lipinski definition) is 4. The van der Waals surface area contributed by atoms with Gasteiger partial charge in [0.25, 0.3) is 6.01 Å². The summed E-state index contributed by atoms with van der Waals surface area (Å²) in [4.78, 5) is 14.9. The van der Waals surface area contributed by atoms with Crippen molar-refractivity contribution in [2.45, 2.75) is 33.6 Å². The van der Waals surface area contributed by atoms with E-state index in [1.807, 2.05) is 63.2 Å². The zero-order chi connectivity index (χ0) is 16.7. The van der Waals surface area contributed by atoms with Gasteiger partial charge in [-0.2, -0.15) is 4.98 Å². The number of carbonyl (C=O) groups excluding carboxylic acids is 1. The molecule has 1 aromatic heterocycles. The number of aromatic nitrogens is 1. The minimum Gasteiger partial charge on any atom is -0.423 e. The number of nitrogens with one attached hydrogen (secondary N) is 1. The molecule has 4 nitrogen and oxygen atoms in total. The number of rotatable bonds is 5. The molecule has 0 amide bonds. The van der Waals surface area contributed by atoms with Crippen LogP contribution >= 0.6 is 0 Å². The van der Waals surface area contributed by atoms with Crippen LogP contribution in [0.25, 0.3) is 11.1 Å². The highest BCUT2D eigenvalue weighted by molar-refractivity contribution is 5.76. The van der Waals surface area contributed by atoms with Gasteiger partial charge in [-0.15, -0.1) is 0 Å². The van der Waals surface area contributed by atoms with Gasteiger partial charge in [0.1, 0.15) is 11.8 Å². The number of oxazole rings is 1. The van der Waals surface area contributed by atoms with E-state index in [2.05, 4.69) is 10.3 Å². The molecule has 0 saturated carbocycles. The molecule has 3 rings (SSSR count). The van der Waals surface area contributed by atoms with Gasteiger partial charge in [-0.25, -0.2) is 0 Å². The third kappa shape index (κ3) is 4.19. The summed E-state index contributed by atoms with van der Waals surface area (Å²) in [6, 6.07) is 14.3. The monoisotopic (exact) mass is 310 g/mol. The lowest BCUT2D eigenvalue weighted by Crippen LogP contribution is -1.92. The number of para-hydroxylation sites is 1. The fourth-order valence-electron chi connectivity index (χ4n) is 2.23. The van der Waals surface area contributed by atoms with Crippen molar-refractivity contribution in [1.29, 1.82) is 0 Å². The average Bonchev–Trinajstić information content (AvgIpc) is 2.98. The maximum atomic E-state index is 10.4. The van der Waals surface area contributed by atoms with E-state index in [1.54, 1.807) is 0 Å². The van der Waals surface area contributed by atoms with Gasteiger partial charge in [-0.05, 0) is 42.7 Å². The molecule has 2 aromatic carbocycles. The highest BCUT2D eigenvalue weighted by Crippen LogP contribution is 2.24. The minimum absolute atomic E-state index is 0.479. The third-order valence-corrected chi connectivity index (χ3v) is 3.39. The van der Waals surface area contributed by atoms with Gasteiger partial charge < -0.3 is 14.5 Å². The first-order valence-electron chi connectivity index (χ1n) is 7.92. The van der Waals surface area contributed by atoms with Crippen LogP contribution in [0.5, 0.6) is 0 Å². The number of anilines is 2. The topological polar surface area (TPSA) is 55.1 Å². The number of benzene rings is 2. The molecule has 0 fully saturated rings. The highest BCUT2D eigenvalue weighted by atomic mass is 16.4. The van der Waals surface area contributed by atoms with Gasteiger partial charge >= 0.3 is 0 Å². The molecule has 1 N–H and O–H groups in total. The highest BCUT2D eigenvalue weighted by Gasteiger charge is 2.07. The van der Waals surface area contributed by atoms with E-state index in [0.717, 1.165) is 40.6 Å². The molecule has 0 unspecified atom stereocenters. The first-order chi connectivity index (χ1) is 11.3. The first kappa shape index (κ1) is 16.7. The summed E-state index contributed by atoms with van der Waals surface area (Å²) in [7, 11) is 0. The van der Waals surface area contributed by atoms with Crippen LogP contribution in [0.4, 0.5) is 11.7 Å². The SMILES string of the molecule is CC.Cc1ccccc1Nc1nc2ccc(CCC=O)cc2o1. The van der Waals surface area contributed by atoms with Crippen LogP contribution in [-0.2, 0) is 11.2 Å². The molecule has 0 spiro atoms. The fraction of sp³-hybridized carbons (Fsp3) is 0.263. The molecular weight excluding hydrogens is 288 g/mol. The van der Waals surface area contributed by atoms with E-state index in [1.165, 1.54) is 0 Å². The summed E-state index contributed by atoms with van der Waals surface area (Å²) >= 11 is 0. The molecule has 120 valence electrons. The number of aldehydes is 1. The fourth-order valence-corrected chi connectivity index (χ4v) is 2.23. The van der Waals surface area contributed by atoms with Gasteiger partial charge in [-0.3, -0.25) is 0 Å². The zero-order valence-electron chi connectivity index (χ0n) is 13.8. The Morgan fingerprint density at radius 2 is 1.96 bits per heavy atom. The lowest BCUT2D eigenvalue weighted by Gasteiger charge is -2.04. The Morgan fingerprint density at radius 1 is 1.17 bits per heavy atom. The maximum Gasteiger partial charge on any atom is 0.300 e. The summed E-state index contributed by atoms with van der Waals surface area (Å²) in [5.41, 5.74) is 4.72. The second-order valence-electron chi connectivity index (χ2n) is 4.97. The summed E-state index contributed by atoms with van der Waals surface area (Å²) in [5, 5.41) is 3.19. The van der Waals surface area contributed by atoms with Crippen LogP contribution in [0.2, 0.25) is 0 Å². The van der Waals surface area contributed by atoms with E-state index >= 15 is 0 Å². The van der Waals surface area contributed by atoms with Crippen molar-refractivity contribution < 1.29 is 9.21 Å². The number of nitrogens with zero attached hydrogens (tertiary/aromatic N) is 1. The minimum atomic E-state index is 0.479. The molecule has 4 heteroatoms. The maximum absolute atomic E-state index is 10.4. The van der Waals surface area contributed by atoms with Gasteiger partial charge in [-0.1, -0.05) is 38.1 Å². The predicted molar refractivity (Wildman–Crippen MR) is 94.2 cm³/mol. The summed E-state index contributed by atoms with van der Waals surface area (Å²) in [6.07, 6.45) is 2.17. The Kier molecular flexibility index (Phi) is 5.92. The third-order valence-electron chi connectivity index (χ3n) is 3.39. The molecule has 0 aliphatic heterocycles. The Balaban J connectivity index is 0.000000924. The standard InChI is InChI=1S/C17H16N2O2.C2H6/c1-12-5-2-3-7-14(12)18-17-19-15-9-8-13(6-4-10-20)11-16(15)21-17;1-2/h2-3,5,7-11H,4,6H2,1H3,(H,18,19);1-2H3. The lowest BCUT2D eigenvalue weighted by molar-refractivity contribution is -0.107. The van der Waals surface area contributed by atoms with Crippen LogP contribution < -0.4 is 5.32 Å². The molecule has 3 aromatic rings. The molecule has 0 saturated heterocycles. The molecule has 0 aliphatic carbocycles. The van der Waals surface area contributed by atoms with Crippen molar-refractivity contribution >= 4 is 29.1 Å². The zero-order valence-corrected chi connectivity index (χ0v) is 13.8. The van der Waals surface area contributed by atoms with E-state index in [4.69, 9.17) is 4.42 Å². The van der Waals surface area contributed by atoms with Gasteiger partial charge in [0.05, 0.1) is 0 Å². The van der Waals surface area contributed by atoms with E-state index < -0.39 is 0 Å². The quantitative estimate of drug-likeness (QED) is 0.671. The molecule has 0 aliphatic rings. The van der Waals surface area contributed by atoms with Crippen LogP contribution in [0, 0.1) is 6.92 Å². The first-order valence-corrected chi connectivity index (χ1v) is 7.92. The molecular formula is C19H22N2O2. The number of carbonyl (C=O) groups is 1. The molecule has 0 radical (unpaired) electrons. The lowest BCUT2D eigenvalue weighted by atomic mass is 10.1. The molecule has 0 atom stereocenters. The molecule has 0 bridgehead atoms. The second-order valence-corrected chi connectivity index (χ2v) is 4.97. The van der Waals surface area contributed by atoms with E-state index in [9.17, 15) is 4.79 Å². The van der Waals surface area contributed by atoms with Crippen LogP contribution in [0.3, 0.4) is 0 Å². The van der Waals surface area contributed by atoms with E-state index in [0.29, 0.717) is 12.4 Å². The smallest absolute Gasteiger partial charge is 0.300 e. The predicted octanol–water partition coefficient (Wildman–Crippen LogP) is 5.04. The van der Waals surface area contributed by atoms with E-state index in [-0.39, 0.29) is 0 Å². The van der Waals surface area contributed by atoms with Crippen molar-refractivity contribution in [2.24, 2.45) is 0 Å². The summed E-state index contributed by atoms with van der Waals surface area (Å²) in [6.45, 7) is 6.03. The Hall–Kier alpha value is -2.62. The molecule has 23 heavy (non-hydrogen) atoms. The van der Waals surface area contributed by atoms with Crippen molar-refractivity contribution in [1.82, 2.24) is 4.98 Å². The van der Waals surface area contributed by atoms with Crippen molar-refractivity contribution in [3.63, 3.8) is 0 Å². The van der Waals surface area contributed by atoms with Crippen molar-refractivity contribution in [3.8, 4) is 0 Å². The number of hydrogen-bond donors (Lipinski definition) is 1. The van der Waals surface area contributed by atoms with Crippen molar-refractivity contribution in [2.75, 3.05) is 5.32 Å². The van der Waals surface area contributed by atoms with Crippen LogP contribution in [0.15, 0.2) is 46.9 Å². The van der Waals surface area contributed by atoms with Crippen LogP contribution in [-0.4, -0.2) is 11.3 Å². The average molecular weight is 310 g/mol. The summed E-state index contributed by atoms with van der Waals surface area (Å²) < 4.78 is 5.74. The normalized spacial score (nSPS) is 10.0. The second kappa shape index (κ2) is 8.13. The molecule has 1 heterocycles.